The van der Waals surface area contributed by atoms with Gasteiger partial charge in [-0.3, -0.25) is 0 Å². The molecule has 162 valence electrons. The quantitative estimate of drug-likeness (QED) is 0.531. The molecule has 1 aromatic rings. The highest BCUT2D eigenvalue weighted by molar-refractivity contribution is 6.13. The molecule has 8 heteroatoms. The molecule has 1 rings (SSSR count). The Morgan fingerprint density at radius 1 is 0.897 bits per heavy atom. The summed E-state index contributed by atoms with van der Waals surface area (Å²) in [5, 5.41) is 0. The first-order valence-electron chi connectivity index (χ1n) is 9.41. The van der Waals surface area contributed by atoms with Crippen LogP contribution >= 0.6 is 0 Å². The maximum atomic E-state index is 12.9. The van der Waals surface area contributed by atoms with Crippen molar-refractivity contribution in [3.63, 3.8) is 0 Å². The molecule has 29 heavy (non-hydrogen) atoms. The third kappa shape index (κ3) is 7.29. The molecule has 1 aromatic carbocycles. The number of amides is 2. The summed E-state index contributed by atoms with van der Waals surface area (Å²) in [5.41, 5.74) is -0.973. The van der Waals surface area contributed by atoms with Gasteiger partial charge in [-0.2, -0.15) is 4.90 Å². The Kier molecular flexibility index (Phi) is 7.66. The Morgan fingerprint density at radius 2 is 1.38 bits per heavy atom. The molecule has 0 saturated heterocycles. The van der Waals surface area contributed by atoms with E-state index in [0.717, 1.165) is 4.90 Å². The molecule has 0 aliphatic carbocycles. The van der Waals surface area contributed by atoms with Crippen LogP contribution in [0.5, 0.6) is 0 Å². The van der Waals surface area contributed by atoms with Crippen molar-refractivity contribution in [1.29, 1.82) is 0 Å². The van der Waals surface area contributed by atoms with E-state index in [2.05, 4.69) is 0 Å². The van der Waals surface area contributed by atoms with E-state index < -0.39 is 29.4 Å². The van der Waals surface area contributed by atoms with Gasteiger partial charge in [-0.15, -0.1) is 0 Å². The third-order valence-electron chi connectivity index (χ3n) is 3.39. The van der Waals surface area contributed by atoms with Crippen LogP contribution in [-0.2, 0) is 14.2 Å². The molecular weight excluding hydrogens is 376 g/mol. The van der Waals surface area contributed by atoms with Gasteiger partial charge in [0.05, 0.1) is 17.9 Å². The van der Waals surface area contributed by atoms with E-state index in [0.29, 0.717) is 5.69 Å². The highest BCUT2D eigenvalue weighted by Crippen LogP contribution is 2.30. The number of carbonyl (C=O) groups is 3. The predicted molar refractivity (Wildman–Crippen MR) is 112 cm³/mol. The molecule has 0 heterocycles. The third-order valence-corrected chi connectivity index (χ3v) is 3.39. The Balaban J connectivity index is 3.63. The van der Waals surface area contributed by atoms with Crippen molar-refractivity contribution in [2.75, 3.05) is 30.5 Å². The van der Waals surface area contributed by atoms with Crippen LogP contribution in [-0.4, -0.2) is 50.1 Å². The van der Waals surface area contributed by atoms with Crippen LogP contribution in [0.25, 0.3) is 0 Å². The summed E-state index contributed by atoms with van der Waals surface area (Å²) < 4.78 is 15.9. The number of benzene rings is 1. The topological polar surface area (TPSA) is 85.4 Å². The second-order valence-electron chi connectivity index (χ2n) is 8.61. The maximum Gasteiger partial charge on any atom is 0.424 e. The number of ether oxygens (including phenoxy) is 3. The summed E-state index contributed by atoms with van der Waals surface area (Å²) in [7, 11) is 3.60. The molecule has 0 N–H and O–H groups in total. The summed E-state index contributed by atoms with van der Waals surface area (Å²) >= 11 is 0. The first-order valence-corrected chi connectivity index (χ1v) is 9.41. The number of nitrogens with zero attached hydrogens (tertiary/aromatic N) is 2. The zero-order valence-corrected chi connectivity index (χ0v) is 18.8. The van der Waals surface area contributed by atoms with E-state index in [1.54, 1.807) is 79.6 Å². The van der Waals surface area contributed by atoms with Crippen molar-refractivity contribution in [2.45, 2.75) is 59.7 Å². The lowest BCUT2D eigenvalue weighted by atomic mass is 10.1. The predicted octanol–water partition coefficient (Wildman–Crippen LogP) is 4.61. The van der Waals surface area contributed by atoms with Gasteiger partial charge in [-0.25, -0.2) is 14.4 Å². The molecule has 0 bridgehead atoms. The van der Waals surface area contributed by atoms with Crippen molar-refractivity contribution in [2.24, 2.45) is 0 Å². The SMILES string of the molecule is CCOC(=O)c1ccc(N(C)C)cc1N(C(=O)OC(C)(C)C)C(=O)OC(C)(C)C. The number of esters is 1. The molecular formula is C21H32N2O6. The Bertz CT molecular complexity index is 731. The van der Waals surface area contributed by atoms with Crippen molar-refractivity contribution in [3.8, 4) is 0 Å². The van der Waals surface area contributed by atoms with E-state index >= 15 is 0 Å². The Hall–Kier alpha value is -2.77. The summed E-state index contributed by atoms with van der Waals surface area (Å²) in [5.74, 6) is -0.662. The van der Waals surface area contributed by atoms with Gasteiger partial charge in [-0.05, 0) is 66.7 Å². The van der Waals surface area contributed by atoms with Gasteiger partial charge < -0.3 is 19.1 Å². The standard InChI is InChI=1S/C21H32N2O6/c1-10-27-17(24)15-12-11-14(22(8)9)13-16(15)23(18(25)28-20(2,3)4)19(26)29-21(5,6)7/h11-13H,10H2,1-9H3. The van der Waals surface area contributed by atoms with Gasteiger partial charge in [-0.1, -0.05) is 0 Å². The Labute approximate surface area is 172 Å². The molecule has 2 amide bonds. The van der Waals surface area contributed by atoms with Gasteiger partial charge in [0, 0.05) is 19.8 Å². The summed E-state index contributed by atoms with van der Waals surface area (Å²) in [6.45, 7) is 11.9. The van der Waals surface area contributed by atoms with Gasteiger partial charge in [0.1, 0.15) is 11.2 Å². The fourth-order valence-electron chi connectivity index (χ4n) is 2.25. The number of anilines is 2. The van der Waals surface area contributed by atoms with E-state index in [-0.39, 0.29) is 17.9 Å². The summed E-state index contributed by atoms with van der Waals surface area (Å²) in [6, 6.07) is 4.74. The van der Waals surface area contributed by atoms with Crippen LogP contribution in [0, 0.1) is 0 Å². The highest BCUT2D eigenvalue weighted by atomic mass is 16.6. The minimum absolute atomic E-state index is 0.0261. The first-order chi connectivity index (χ1) is 13.2. The monoisotopic (exact) mass is 408 g/mol. The molecule has 8 nitrogen and oxygen atoms in total. The molecule has 0 aromatic heterocycles. The van der Waals surface area contributed by atoms with Crippen LogP contribution in [0.4, 0.5) is 21.0 Å². The lowest BCUT2D eigenvalue weighted by molar-refractivity contribution is 0.0430. The van der Waals surface area contributed by atoms with Crippen molar-refractivity contribution < 1.29 is 28.6 Å². The van der Waals surface area contributed by atoms with Crippen molar-refractivity contribution in [1.82, 2.24) is 0 Å². The molecule has 0 aliphatic heterocycles. The number of carbonyl (C=O) groups excluding carboxylic acids is 3. The molecule has 0 saturated carbocycles. The van der Waals surface area contributed by atoms with E-state index in [9.17, 15) is 14.4 Å². The number of hydrogen-bond acceptors (Lipinski definition) is 7. The van der Waals surface area contributed by atoms with Crippen LogP contribution in [0.3, 0.4) is 0 Å². The lowest BCUT2D eigenvalue weighted by Crippen LogP contribution is -2.44. The molecule has 0 aliphatic rings. The van der Waals surface area contributed by atoms with Crippen LogP contribution in [0.2, 0.25) is 0 Å². The van der Waals surface area contributed by atoms with Crippen LogP contribution in [0.1, 0.15) is 58.8 Å². The van der Waals surface area contributed by atoms with E-state index in [1.807, 2.05) is 0 Å². The van der Waals surface area contributed by atoms with Crippen molar-refractivity contribution in [3.05, 3.63) is 23.8 Å². The second kappa shape index (κ2) is 9.15. The lowest BCUT2D eigenvalue weighted by Gasteiger charge is -2.30. The molecule has 0 fully saturated rings. The molecule has 0 atom stereocenters. The molecule has 0 radical (unpaired) electrons. The summed E-state index contributed by atoms with van der Waals surface area (Å²) in [6.07, 6.45) is -1.90. The number of hydrogen-bond donors (Lipinski definition) is 0. The smallest absolute Gasteiger partial charge is 0.424 e. The number of imide groups is 1. The first kappa shape index (κ1) is 24.3. The average Bonchev–Trinajstić information content (AvgIpc) is 2.51. The van der Waals surface area contributed by atoms with Gasteiger partial charge in [0.25, 0.3) is 0 Å². The maximum absolute atomic E-state index is 12.9. The Morgan fingerprint density at radius 3 is 1.76 bits per heavy atom. The fourth-order valence-corrected chi connectivity index (χ4v) is 2.25. The normalized spacial score (nSPS) is 11.5. The molecule has 0 unspecified atom stereocenters. The van der Waals surface area contributed by atoms with Crippen LogP contribution in [0.15, 0.2) is 18.2 Å². The average molecular weight is 408 g/mol. The zero-order chi connectivity index (χ0) is 22.6. The van der Waals surface area contributed by atoms with Gasteiger partial charge in [0.15, 0.2) is 0 Å². The number of rotatable bonds is 4. The van der Waals surface area contributed by atoms with E-state index in [1.165, 1.54) is 6.07 Å². The summed E-state index contributed by atoms with van der Waals surface area (Å²) in [4.78, 5) is 40.9. The molecule has 0 spiro atoms. The van der Waals surface area contributed by atoms with Crippen LogP contribution < -0.4 is 9.80 Å². The highest BCUT2D eigenvalue weighted by Gasteiger charge is 2.35. The second-order valence-corrected chi connectivity index (χ2v) is 8.61. The minimum Gasteiger partial charge on any atom is -0.462 e. The zero-order valence-electron chi connectivity index (χ0n) is 18.8. The largest absolute Gasteiger partial charge is 0.462 e. The minimum atomic E-state index is -0.951. The van der Waals surface area contributed by atoms with E-state index in [4.69, 9.17) is 14.2 Å². The van der Waals surface area contributed by atoms with Gasteiger partial charge in [0.2, 0.25) is 0 Å². The fraction of sp³-hybridized carbons (Fsp3) is 0.571. The van der Waals surface area contributed by atoms with Gasteiger partial charge >= 0.3 is 18.2 Å². The van der Waals surface area contributed by atoms with Crippen molar-refractivity contribution >= 4 is 29.5 Å².